The highest BCUT2D eigenvalue weighted by Crippen LogP contribution is 2.26. The number of ether oxygens (including phenoxy) is 1. The Morgan fingerprint density at radius 3 is 2.79 bits per heavy atom. The molecule has 1 aromatic heterocycles. The Morgan fingerprint density at radius 1 is 1.26 bits per heavy atom. The molecule has 4 nitrogen and oxygen atoms in total. The first-order chi connectivity index (χ1) is 9.22. The van der Waals surface area contributed by atoms with Gasteiger partial charge in [-0.2, -0.15) is 0 Å². The number of halogens is 2. The molecular formula is C13H13Cl2N3O. The molecule has 0 radical (unpaired) electrons. The predicted octanol–water partition coefficient (Wildman–Crippen LogP) is 3.53. The predicted molar refractivity (Wildman–Crippen MR) is 77.0 cm³/mol. The highest BCUT2D eigenvalue weighted by Gasteiger charge is 2.15. The quantitative estimate of drug-likeness (QED) is 0.941. The van der Waals surface area contributed by atoms with Crippen LogP contribution in [0, 0.1) is 0 Å². The lowest BCUT2D eigenvalue weighted by atomic mass is 10.2. The minimum atomic E-state index is 0.270. The summed E-state index contributed by atoms with van der Waals surface area (Å²) >= 11 is 11.9. The van der Waals surface area contributed by atoms with E-state index in [9.17, 15) is 0 Å². The molecule has 1 fully saturated rings. The molecule has 0 spiro atoms. The number of rotatable bonds is 3. The summed E-state index contributed by atoms with van der Waals surface area (Å²) in [5.74, 6) is 0.724. The Kier molecular flexibility index (Phi) is 3.73. The van der Waals surface area contributed by atoms with Crippen LogP contribution in [-0.2, 0) is 4.74 Å². The van der Waals surface area contributed by atoms with Gasteiger partial charge in [0.05, 0.1) is 33.4 Å². The van der Waals surface area contributed by atoms with Crippen LogP contribution in [0.2, 0.25) is 10.0 Å². The first-order valence-corrected chi connectivity index (χ1v) is 6.95. The molecule has 0 saturated carbocycles. The zero-order valence-corrected chi connectivity index (χ0v) is 11.7. The van der Waals surface area contributed by atoms with Gasteiger partial charge in [-0.1, -0.05) is 23.2 Å². The van der Waals surface area contributed by atoms with E-state index in [2.05, 4.69) is 15.3 Å². The van der Waals surface area contributed by atoms with Crippen molar-refractivity contribution in [3.8, 4) is 0 Å². The Bertz CT molecular complexity index is 600. The van der Waals surface area contributed by atoms with E-state index in [1.807, 2.05) is 0 Å². The van der Waals surface area contributed by atoms with Crippen molar-refractivity contribution in [3.63, 3.8) is 0 Å². The molecule has 1 aromatic carbocycles. The van der Waals surface area contributed by atoms with E-state index in [4.69, 9.17) is 27.9 Å². The SMILES string of the molecule is Clc1cc2ncc(NCC3CCCO3)nc2cc1Cl. The van der Waals surface area contributed by atoms with Gasteiger partial charge in [0.2, 0.25) is 0 Å². The number of fused-ring (bicyclic) bond motifs is 1. The van der Waals surface area contributed by atoms with Crippen molar-refractivity contribution in [3.05, 3.63) is 28.4 Å². The molecule has 19 heavy (non-hydrogen) atoms. The molecule has 1 unspecified atom stereocenters. The topological polar surface area (TPSA) is 47.0 Å². The van der Waals surface area contributed by atoms with Crippen molar-refractivity contribution >= 4 is 40.1 Å². The van der Waals surface area contributed by atoms with Crippen LogP contribution in [0.15, 0.2) is 18.3 Å². The van der Waals surface area contributed by atoms with Crippen LogP contribution in [0.4, 0.5) is 5.82 Å². The molecule has 1 atom stereocenters. The number of nitrogens with one attached hydrogen (secondary N) is 1. The third-order valence-corrected chi connectivity index (χ3v) is 3.84. The minimum absolute atomic E-state index is 0.270. The molecule has 1 N–H and O–H groups in total. The zero-order valence-electron chi connectivity index (χ0n) is 10.2. The van der Waals surface area contributed by atoms with Crippen molar-refractivity contribution in [1.29, 1.82) is 0 Å². The maximum Gasteiger partial charge on any atom is 0.145 e. The zero-order chi connectivity index (χ0) is 13.2. The molecule has 1 aliphatic rings. The third kappa shape index (κ3) is 2.91. The highest BCUT2D eigenvalue weighted by molar-refractivity contribution is 6.42. The van der Waals surface area contributed by atoms with Gasteiger partial charge in [0.15, 0.2) is 0 Å². The molecule has 2 heterocycles. The van der Waals surface area contributed by atoms with Crippen molar-refractivity contribution < 1.29 is 4.74 Å². The lowest BCUT2D eigenvalue weighted by Crippen LogP contribution is -2.19. The molecule has 6 heteroatoms. The summed E-state index contributed by atoms with van der Waals surface area (Å²) in [6, 6.07) is 3.44. The molecule has 100 valence electrons. The monoisotopic (exact) mass is 297 g/mol. The van der Waals surface area contributed by atoms with E-state index in [1.165, 1.54) is 0 Å². The summed E-state index contributed by atoms with van der Waals surface area (Å²) < 4.78 is 5.55. The Morgan fingerprint density at radius 2 is 2.05 bits per heavy atom. The van der Waals surface area contributed by atoms with Crippen molar-refractivity contribution in [2.45, 2.75) is 18.9 Å². The van der Waals surface area contributed by atoms with Gasteiger partial charge in [-0.25, -0.2) is 4.98 Å². The van der Waals surface area contributed by atoms with E-state index < -0.39 is 0 Å². The van der Waals surface area contributed by atoms with Crippen LogP contribution in [0.3, 0.4) is 0 Å². The molecule has 0 bridgehead atoms. The maximum absolute atomic E-state index is 5.98. The van der Waals surface area contributed by atoms with Crippen molar-refractivity contribution in [2.75, 3.05) is 18.5 Å². The average molecular weight is 298 g/mol. The lowest BCUT2D eigenvalue weighted by molar-refractivity contribution is 0.120. The highest BCUT2D eigenvalue weighted by atomic mass is 35.5. The third-order valence-electron chi connectivity index (χ3n) is 3.12. The number of aromatic nitrogens is 2. The van der Waals surface area contributed by atoms with E-state index in [0.29, 0.717) is 10.0 Å². The fraction of sp³-hybridized carbons (Fsp3) is 0.385. The second-order valence-corrected chi connectivity index (χ2v) is 5.34. The van der Waals surface area contributed by atoms with Crippen molar-refractivity contribution in [1.82, 2.24) is 9.97 Å². The van der Waals surface area contributed by atoms with Crippen LogP contribution in [0.1, 0.15) is 12.8 Å². The fourth-order valence-electron chi connectivity index (χ4n) is 2.12. The number of hydrogen-bond acceptors (Lipinski definition) is 4. The van der Waals surface area contributed by atoms with E-state index in [1.54, 1.807) is 18.3 Å². The standard InChI is InChI=1S/C13H13Cl2N3O/c14-9-4-11-12(5-10(9)15)18-13(7-16-11)17-6-8-2-1-3-19-8/h4-5,7-8H,1-3,6H2,(H,17,18). The molecule has 3 rings (SSSR count). The molecule has 0 aliphatic carbocycles. The number of hydrogen-bond donors (Lipinski definition) is 1. The van der Waals surface area contributed by atoms with Gasteiger partial charge in [-0.3, -0.25) is 4.98 Å². The second kappa shape index (κ2) is 5.49. The Hall–Kier alpha value is -1.10. The number of anilines is 1. The normalized spacial score (nSPS) is 18.9. The minimum Gasteiger partial charge on any atom is -0.376 e. The molecule has 1 saturated heterocycles. The summed E-state index contributed by atoms with van der Waals surface area (Å²) in [6.07, 6.45) is 4.19. The van der Waals surface area contributed by atoms with Crippen LogP contribution < -0.4 is 5.32 Å². The lowest BCUT2D eigenvalue weighted by Gasteiger charge is -2.11. The molecule has 0 amide bonds. The summed E-state index contributed by atoms with van der Waals surface area (Å²) in [5, 5.41) is 4.21. The first kappa shape index (κ1) is 12.9. The van der Waals surface area contributed by atoms with Gasteiger partial charge in [-0.15, -0.1) is 0 Å². The van der Waals surface area contributed by atoms with Gasteiger partial charge in [0, 0.05) is 13.2 Å². The smallest absolute Gasteiger partial charge is 0.145 e. The molecular weight excluding hydrogens is 285 g/mol. The van der Waals surface area contributed by atoms with Crippen LogP contribution >= 0.6 is 23.2 Å². The maximum atomic E-state index is 5.98. The summed E-state index contributed by atoms with van der Waals surface area (Å²) in [7, 11) is 0. The average Bonchev–Trinajstić information content (AvgIpc) is 2.91. The van der Waals surface area contributed by atoms with Gasteiger partial charge < -0.3 is 10.1 Å². The summed E-state index contributed by atoms with van der Waals surface area (Å²) in [5.41, 5.74) is 1.46. The van der Waals surface area contributed by atoms with Crippen LogP contribution in [0.25, 0.3) is 11.0 Å². The van der Waals surface area contributed by atoms with Crippen molar-refractivity contribution in [2.24, 2.45) is 0 Å². The van der Waals surface area contributed by atoms with Crippen LogP contribution in [0.5, 0.6) is 0 Å². The Balaban J connectivity index is 1.78. The largest absolute Gasteiger partial charge is 0.376 e. The van der Waals surface area contributed by atoms with E-state index >= 15 is 0 Å². The second-order valence-electron chi connectivity index (χ2n) is 4.53. The van der Waals surface area contributed by atoms with Gasteiger partial charge in [0.25, 0.3) is 0 Å². The van der Waals surface area contributed by atoms with Crippen LogP contribution in [-0.4, -0.2) is 29.2 Å². The summed E-state index contributed by atoms with van der Waals surface area (Å²) in [4.78, 5) is 8.79. The Labute approximate surface area is 121 Å². The van der Waals surface area contributed by atoms with Gasteiger partial charge >= 0.3 is 0 Å². The van der Waals surface area contributed by atoms with E-state index in [0.717, 1.165) is 42.8 Å². The first-order valence-electron chi connectivity index (χ1n) is 6.19. The number of nitrogens with zero attached hydrogens (tertiary/aromatic N) is 2. The van der Waals surface area contributed by atoms with Gasteiger partial charge in [0.1, 0.15) is 5.82 Å². The molecule has 1 aliphatic heterocycles. The fourth-order valence-corrected chi connectivity index (χ4v) is 2.43. The molecule has 2 aromatic rings. The summed E-state index contributed by atoms with van der Waals surface area (Å²) in [6.45, 7) is 1.60. The van der Waals surface area contributed by atoms with E-state index in [-0.39, 0.29) is 6.10 Å². The van der Waals surface area contributed by atoms with Gasteiger partial charge in [-0.05, 0) is 25.0 Å². The number of benzene rings is 1.